The van der Waals surface area contributed by atoms with Crippen LogP contribution in [0.2, 0.25) is 0 Å². The van der Waals surface area contributed by atoms with Gasteiger partial charge in [-0.1, -0.05) is 0 Å². The highest BCUT2D eigenvalue weighted by atomic mass is 19.1. The molecule has 1 aliphatic heterocycles. The summed E-state index contributed by atoms with van der Waals surface area (Å²) in [5, 5.41) is 3.62. The second kappa shape index (κ2) is 4.24. The van der Waals surface area contributed by atoms with Gasteiger partial charge in [-0.15, -0.1) is 0 Å². The Bertz CT molecular complexity index is 582. The Morgan fingerprint density at radius 2 is 2.22 bits per heavy atom. The largest absolute Gasteiger partial charge is 0.462 e. The fourth-order valence-electron chi connectivity index (χ4n) is 2.48. The van der Waals surface area contributed by atoms with Crippen molar-refractivity contribution >= 4 is 16.7 Å². The fourth-order valence-corrected chi connectivity index (χ4v) is 2.48. The van der Waals surface area contributed by atoms with E-state index in [1.807, 2.05) is 11.8 Å². The van der Waals surface area contributed by atoms with E-state index in [-0.39, 0.29) is 6.04 Å². The fraction of sp³-hybridized carbons (Fsp3) is 0.385. The van der Waals surface area contributed by atoms with Gasteiger partial charge in [-0.05, 0) is 13.0 Å². The molecule has 5 heteroatoms. The number of hydrogen-bond acceptors (Lipinski definition) is 3. The van der Waals surface area contributed by atoms with Gasteiger partial charge in [0.05, 0.1) is 11.6 Å². The predicted octanol–water partition coefficient (Wildman–Crippen LogP) is 2.51. The van der Waals surface area contributed by atoms with Crippen molar-refractivity contribution in [3.8, 4) is 0 Å². The summed E-state index contributed by atoms with van der Waals surface area (Å²) < 4.78 is 32.8. The summed E-state index contributed by atoms with van der Waals surface area (Å²) in [7, 11) is 0. The van der Waals surface area contributed by atoms with Gasteiger partial charge in [-0.2, -0.15) is 0 Å². The zero-order valence-corrected chi connectivity index (χ0v) is 10.0. The molecule has 1 fully saturated rings. The molecule has 1 aromatic heterocycles. The number of rotatable bonds is 1. The highest BCUT2D eigenvalue weighted by Crippen LogP contribution is 2.33. The number of hydrogen-bond donors (Lipinski definition) is 1. The van der Waals surface area contributed by atoms with Crippen LogP contribution in [0.5, 0.6) is 0 Å². The molecule has 0 amide bonds. The highest BCUT2D eigenvalue weighted by Gasteiger charge is 2.24. The van der Waals surface area contributed by atoms with E-state index < -0.39 is 11.6 Å². The Kier molecular flexibility index (Phi) is 2.70. The SMILES string of the molecule is C[C@@H]1CN(c2c(F)cc(F)c3ccoc23)CCN1. The van der Waals surface area contributed by atoms with Gasteiger partial charge in [0.1, 0.15) is 11.5 Å². The standard InChI is InChI=1S/C13H14F2N2O/c1-8-7-17(4-3-16-8)12-11(15)6-10(14)9-2-5-18-13(9)12/h2,5-6,8,16H,3-4,7H2,1H3/t8-/m1/s1. The van der Waals surface area contributed by atoms with Crippen LogP contribution in [-0.4, -0.2) is 25.7 Å². The number of benzene rings is 1. The van der Waals surface area contributed by atoms with Gasteiger partial charge in [0.25, 0.3) is 0 Å². The van der Waals surface area contributed by atoms with Crippen LogP contribution in [0, 0.1) is 11.6 Å². The molecule has 3 rings (SSSR count). The summed E-state index contributed by atoms with van der Waals surface area (Å²) in [4.78, 5) is 1.90. The summed E-state index contributed by atoms with van der Waals surface area (Å²) in [5.41, 5.74) is 0.659. The van der Waals surface area contributed by atoms with Gasteiger partial charge in [0.2, 0.25) is 0 Å². The lowest BCUT2D eigenvalue weighted by Crippen LogP contribution is -2.49. The lowest BCUT2D eigenvalue weighted by molar-refractivity contribution is 0.476. The Hall–Kier alpha value is -1.62. The maximum Gasteiger partial charge on any atom is 0.163 e. The number of nitrogens with zero attached hydrogens (tertiary/aromatic N) is 1. The van der Waals surface area contributed by atoms with E-state index >= 15 is 0 Å². The molecule has 1 aliphatic rings. The normalized spacial score (nSPS) is 20.6. The van der Waals surface area contributed by atoms with Crippen molar-refractivity contribution < 1.29 is 13.2 Å². The predicted molar refractivity (Wildman–Crippen MR) is 65.8 cm³/mol. The molecule has 0 spiro atoms. The average molecular weight is 252 g/mol. The molecule has 1 N–H and O–H groups in total. The third kappa shape index (κ3) is 1.75. The molecular weight excluding hydrogens is 238 g/mol. The van der Waals surface area contributed by atoms with Crippen LogP contribution in [0.3, 0.4) is 0 Å². The van der Waals surface area contributed by atoms with Gasteiger partial charge in [-0.25, -0.2) is 8.78 Å². The molecule has 2 aromatic rings. The van der Waals surface area contributed by atoms with Crippen LogP contribution in [0.25, 0.3) is 11.0 Å². The van der Waals surface area contributed by atoms with E-state index in [2.05, 4.69) is 5.32 Å². The average Bonchev–Trinajstić information content (AvgIpc) is 2.78. The number of furan rings is 1. The molecular formula is C13H14F2N2O. The van der Waals surface area contributed by atoms with Gasteiger partial charge in [0.15, 0.2) is 11.4 Å². The smallest absolute Gasteiger partial charge is 0.163 e. The zero-order valence-electron chi connectivity index (χ0n) is 10.0. The van der Waals surface area contributed by atoms with Crippen molar-refractivity contribution in [2.75, 3.05) is 24.5 Å². The number of anilines is 1. The van der Waals surface area contributed by atoms with E-state index in [1.165, 1.54) is 12.3 Å². The Morgan fingerprint density at radius 3 is 3.00 bits per heavy atom. The van der Waals surface area contributed by atoms with Gasteiger partial charge in [-0.3, -0.25) is 0 Å². The first-order chi connectivity index (χ1) is 8.66. The Balaban J connectivity index is 2.13. The molecule has 0 bridgehead atoms. The molecule has 2 heterocycles. The van der Waals surface area contributed by atoms with E-state index in [0.29, 0.717) is 29.7 Å². The third-order valence-electron chi connectivity index (χ3n) is 3.30. The molecule has 1 aromatic carbocycles. The second-order valence-electron chi connectivity index (χ2n) is 4.65. The molecule has 96 valence electrons. The first-order valence-corrected chi connectivity index (χ1v) is 6.00. The van der Waals surface area contributed by atoms with Crippen LogP contribution in [-0.2, 0) is 0 Å². The summed E-state index contributed by atoms with van der Waals surface area (Å²) in [6, 6.07) is 2.73. The number of nitrogens with one attached hydrogen (secondary N) is 1. The van der Waals surface area contributed by atoms with Gasteiger partial charge in [0, 0.05) is 31.7 Å². The van der Waals surface area contributed by atoms with Crippen molar-refractivity contribution in [3.63, 3.8) is 0 Å². The summed E-state index contributed by atoms with van der Waals surface area (Å²) in [5.74, 6) is -1.15. The first-order valence-electron chi connectivity index (χ1n) is 6.00. The van der Waals surface area contributed by atoms with Gasteiger partial charge < -0.3 is 14.6 Å². The van der Waals surface area contributed by atoms with Crippen LogP contribution in [0.15, 0.2) is 22.8 Å². The summed E-state index contributed by atoms with van der Waals surface area (Å²) >= 11 is 0. The van der Waals surface area contributed by atoms with Crippen molar-refractivity contribution in [1.82, 2.24) is 5.32 Å². The zero-order chi connectivity index (χ0) is 12.7. The van der Waals surface area contributed by atoms with Crippen LogP contribution in [0.4, 0.5) is 14.5 Å². The maximum atomic E-state index is 14.0. The molecule has 3 nitrogen and oxygen atoms in total. The second-order valence-corrected chi connectivity index (χ2v) is 4.65. The van der Waals surface area contributed by atoms with E-state index in [1.54, 1.807) is 0 Å². The quantitative estimate of drug-likeness (QED) is 0.845. The molecule has 1 atom stereocenters. The van der Waals surface area contributed by atoms with Crippen molar-refractivity contribution in [1.29, 1.82) is 0 Å². The van der Waals surface area contributed by atoms with E-state index in [4.69, 9.17) is 4.42 Å². The molecule has 0 saturated carbocycles. The number of piperazine rings is 1. The van der Waals surface area contributed by atoms with Crippen molar-refractivity contribution in [2.24, 2.45) is 0 Å². The van der Waals surface area contributed by atoms with E-state index in [9.17, 15) is 8.78 Å². The lowest BCUT2D eigenvalue weighted by atomic mass is 10.1. The van der Waals surface area contributed by atoms with Crippen molar-refractivity contribution in [2.45, 2.75) is 13.0 Å². The minimum atomic E-state index is -0.580. The van der Waals surface area contributed by atoms with E-state index in [0.717, 1.165) is 12.6 Å². The third-order valence-corrected chi connectivity index (χ3v) is 3.30. The minimum absolute atomic E-state index is 0.271. The number of fused-ring (bicyclic) bond motifs is 1. The highest BCUT2D eigenvalue weighted by molar-refractivity contribution is 5.90. The first kappa shape index (κ1) is 11.5. The topological polar surface area (TPSA) is 28.4 Å². The monoisotopic (exact) mass is 252 g/mol. The molecule has 18 heavy (non-hydrogen) atoms. The molecule has 0 unspecified atom stereocenters. The minimum Gasteiger partial charge on any atom is -0.462 e. The van der Waals surface area contributed by atoms with Crippen LogP contribution in [0.1, 0.15) is 6.92 Å². The summed E-state index contributed by atoms with van der Waals surface area (Å²) in [6.45, 7) is 4.17. The van der Waals surface area contributed by atoms with Crippen molar-refractivity contribution in [3.05, 3.63) is 30.0 Å². The number of halogens is 2. The Morgan fingerprint density at radius 1 is 1.39 bits per heavy atom. The Labute approximate surface area is 103 Å². The van der Waals surface area contributed by atoms with Crippen LogP contribution < -0.4 is 10.2 Å². The molecule has 0 radical (unpaired) electrons. The molecule has 1 saturated heterocycles. The van der Waals surface area contributed by atoms with Crippen LogP contribution >= 0.6 is 0 Å². The van der Waals surface area contributed by atoms with Gasteiger partial charge >= 0.3 is 0 Å². The lowest BCUT2D eigenvalue weighted by Gasteiger charge is -2.33. The summed E-state index contributed by atoms with van der Waals surface area (Å²) in [6.07, 6.45) is 1.39. The molecule has 0 aliphatic carbocycles. The maximum absolute atomic E-state index is 14.0.